The number of rotatable bonds is 5. The van der Waals surface area contributed by atoms with Crippen LogP contribution in [0.1, 0.15) is 6.42 Å². The Kier molecular flexibility index (Phi) is 3.54. The van der Waals surface area contributed by atoms with Crippen LogP contribution in [0.25, 0.3) is 0 Å². The molecule has 0 saturated carbocycles. The number of hydrogen-bond donors (Lipinski definition) is 1. The first-order chi connectivity index (χ1) is 9.42. The second-order valence-corrected chi connectivity index (χ2v) is 4.44. The van der Waals surface area contributed by atoms with Crippen LogP contribution in [-0.2, 0) is 6.54 Å². The highest BCUT2D eigenvalue weighted by Gasteiger charge is 2.11. The Balaban J connectivity index is 1.50. The number of aromatic nitrogens is 2. The molecule has 5 nitrogen and oxygen atoms in total. The number of fused-ring (bicyclic) bond motifs is 1. The van der Waals surface area contributed by atoms with Crippen molar-refractivity contribution in [2.24, 2.45) is 0 Å². The Morgan fingerprint density at radius 1 is 1.21 bits per heavy atom. The third-order valence-electron chi connectivity index (χ3n) is 3.02. The van der Waals surface area contributed by atoms with Crippen molar-refractivity contribution in [2.45, 2.75) is 13.0 Å². The number of anilines is 1. The van der Waals surface area contributed by atoms with E-state index in [-0.39, 0.29) is 0 Å². The van der Waals surface area contributed by atoms with Crippen molar-refractivity contribution in [3.8, 4) is 11.5 Å². The Hall–Kier alpha value is -2.17. The molecule has 0 spiro atoms. The number of aryl methyl sites for hydroxylation is 1. The summed E-state index contributed by atoms with van der Waals surface area (Å²) in [6.45, 7) is 3.14. The first-order valence-electron chi connectivity index (χ1n) is 6.51. The summed E-state index contributed by atoms with van der Waals surface area (Å²) >= 11 is 0. The molecular formula is C14H17N3O2. The molecule has 0 radical (unpaired) electrons. The molecular weight excluding hydrogens is 242 g/mol. The van der Waals surface area contributed by atoms with Crippen LogP contribution < -0.4 is 14.8 Å². The van der Waals surface area contributed by atoms with Crippen LogP contribution in [0.3, 0.4) is 0 Å². The molecule has 0 atom stereocenters. The summed E-state index contributed by atoms with van der Waals surface area (Å²) in [6.07, 6.45) is 6.66. The first kappa shape index (κ1) is 11.9. The molecule has 5 heteroatoms. The molecule has 19 heavy (non-hydrogen) atoms. The van der Waals surface area contributed by atoms with Gasteiger partial charge in [-0.25, -0.2) is 4.98 Å². The molecule has 0 fully saturated rings. The first-order valence-corrected chi connectivity index (χ1v) is 6.51. The van der Waals surface area contributed by atoms with Crippen molar-refractivity contribution >= 4 is 5.69 Å². The number of imidazole rings is 1. The number of benzene rings is 1. The van der Waals surface area contributed by atoms with E-state index in [9.17, 15) is 0 Å². The van der Waals surface area contributed by atoms with Gasteiger partial charge in [0, 0.05) is 37.2 Å². The van der Waals surface area contributed by atoms with Crippen molar-refractivity contribution in [3.63, 3.8) is 0 Å². The summed E-state index contributed by atoms with van der Waals surface area (Å²) in [5, 5.41) is 3.39. The average molecular weight is 259 g/mol. The number of nitrogens with zero attached hydrogens (tertiary/aromatic N) is 2. The Bertz CT molecular complexity index is 525. The van der Waals surface area contributed by atoms with Gasteiger partial charge in [0.2, 0.25) is 0 Å². The quantitative estimate of drug-likeness (QED) is 0.836. The van der Waals surface area contributed by atoms with Gasteiger partial charge in [-0.3, -0.25) is 0 Å². The van der Waals surface area contributed by atoms with Crippen LogP contribution in [0, 0.1) is 0 Å². The van der Waals surface area contributed by atoms with E-state index in [4.69, 9.17) is 9.47 Å². The highest BCUT2D eigenvalue weighted by Crippen LogP contribution is 2.32. The van der Waals surface area contributed by atoms with Gasteiger partial charge >= 0.3 is 0 Å². The van der Waals surface area contributed by atoms with Crippen molar-refractivity contribution in [1.82, 2.24) is 9.55 Å². The van der Waals surface area contributed by atoms with Gasteiger partial charge in [-0.2, -0.15) is 0 Å². The van der Waals surface area contributed by atoms with E-state index in [0.717, 1.165) is 36.7 Å². The molecule has 1 aliphatic heterocycles. The van der Waals surface area contributed by atoms with Gasteiger partial charge in [0.05, 0.1) is 6.33 Å². The minimum absolute atomic E-state index is 0.622. The summed E-state index contributed by atoms with van der Waals surface area (Å²) in [6, 6.07) is 5.96. The lowest BCUT2D eigenvalue weighted by Crippen LogP contribution is -2.15. The predicted octanol–water partition coefficient (Wildman–Crippen LogP) is 2.16. The lowest BCUT2D eigenvalue weighted by molar-refractivity contribution is 0.171. The van der Waals surface area contributed by atoms with E-state index in [1.165, 1.54) is 0 Å². The van der Waals surface area contributed by atoms with Gasteiger partial charge in [0.15, 0.2) is 11.5 Å². The molecule has 2 aromatic rings. The van der Waals surface area contributed by atoms with E-state index >= 15 is 0 Å². The van der Waals surface area contributed by atoms with E-state index in [0.29, 0.717) is 13.2 Å². The molecule has 0 bridgehead atoms. The minimum Gasteiger partial charge on any atom is -0.486 e. The van der Waals surface area contributed by atoms with Crippen molar-refractivity contribution < 1.29 is 9.47 Å². The summed E-state index contributed by atoms with van der Waals surface area (Å²) in [4.78, 5) is 4.02. The second kappa shape index (κ2) is 5.65. The summed E-state index contributed by atoms with van der Waals surface area (Å²) in [5.41, 5.74) is 1.06. The third-order valence-corrected chi connectivity index (χ3v) is 3.02. The van der Waals surface area contributed by atoms with E-state index in [1.54, 1.807) is 6.20 Å². The van der Waals surface area contributed by atoms with Crippen LogP contribution in [0.4, 0.5) is 5.69 Å². The maximum Gasteiger partial charge on any atom is 0.163 e. The molecule has 100 valence electrons. The maximum atomic E-state index is 5.55. The van der Waals surface area contributed by atoms with Crippen LogP contribution in [-0.4, -0.2) is 29.3 Å². The van der Waals surface area contributed by atoms with Crippen LogP contribution in [0.2, 0.25) is 0 Å². The van der Waals surface area contributed by atoms with E-state index in [1.807, 2.05) is 30.7 Å². The number of nitrogens with one attached hydrogen (secondary N) is 1. The number of ether oxygens (including phenoxy) is 2. The van der Waals surface area contributed by atoms with Crippen LogP contribution >= 0.6 is 0 Å². The molecule has 3 rings (SSSR count). The third kappa shape index (κ3) is 2.99. The average Bonchev–Trinajstić information content (AvgIpc) is 2.97. The zero-order chi connectivity index (χ0) is 12.9. The van der Waals surface area contributed by atoms with Gasteiger partial charge in [0.1, 0.15) is 13.2 Å². The zero-order valence-corrected chi connectivity index (χ0v) is 10.7. The highest BCUT2D eigenvalue weighted by molar-refractivity contribution is 5.55. The topological polar surface area (TPSA) is 48.3 Å². The molecule has 1 aromatic heterocycles. The Morgan fingerprint density at radius 3 is 2.95 bits per heavy atom. The highest BCUT2D eigenvalue weighted by atomic mass is 16.6. The molecule has 1 N–H and O–H groups in total. The molecule has 0 aliphatic carbocycles. The molecule has 1 aromatic carbocycles. The van der Waals surface area contributed by atoms with Gasteiger partial charge in [-0.15, -0.1) is 0 Å². The fraction of sp³-hybridized carbons (Fsp3) is 0.357. The lowest BCUT2D eigenvalue weighted by atomic mass is 10.2. The molecule has 2 heterocycles. The van der Waals surface area contributed by atoms with Gasteiger partial charge in [0.25, 0.3) is 0 Å². The SMILES string of the molecule is c1cn(CCCNc2ccc3c(c2)OCCO3)cn1. The monoisotopic (exact) mass is 259 g/mol. The van der Waals surface area contributed by atoms with E-state index in [2.05, 4.69) is 14.9 Å². The summed E-state index contributed by atoms with van der Waals surface area (Å²) < 4.78 is 13.1. The van der Waals surface area contributed by atoms with Crippen LogP contribution in [0.15, 0.2) is 36.9 Å². The van der Waals surface area contributed by atoms with Gasteiger partial charge < -0.3 is 19.4 Å². The largest absolute Gasteiger partial charge is 0.486 e. The van der Waals surface area contributed by atoms with Crippen molar-refractivity contribution in [2.75, 3.05) is 25.1 Å². The molecule has 1 aliphatic rings. The zero-order valence-electron chi connectivity index (χ0n) is 10.7. The smallest absolute Gasteiger partial charge is 0.163 e. The van der Waals surface area contributed by atoms with Crippen molar-refractivity contribution in [1.29, 1.82) is 0 Å². The number of hydrogen-bond acceptors (Lipinski definition) is 4. The standard InChI is InChI=1S/C14H17N3O2/c1(6-17-7-5-15-11-17)4-16-12-2-3-13-14(10-12)19-9-8-18-13/h2-3,5,7,10-11,16H,1,4,6,8-9H2. The molecule has 0 saturated heterocycles. The van der Waals surface area contributed by atoms with Crippen LogP contribution in [0.5, 0.6) is 11.5 Å². The van der Waals surface area contributed by atoms with E-state index < -0.39 is 0 Å². The molecule has 0 amide bonds. The second-order valence-electron chi connectivity index (χ2n) is 4.44. The Morgan fingerprint density at radius 2 is 2.11 bits per heavy atom. The summed E-state index contributed by atoms with van der Waals surface area (Å²) in [7, 11) is 0. The van der Waals surface area contributed by atoms with Crippen molar-refractivity contribution in [3.05, 3.63) is 36.9 Å². The van der Waals surface area contributed by atoms with Gasteiger partial charge in [-0.05, 0) is 18.6 Å². The molecule has 0 unspecified atom stereocenters. The fourth-order valence-electron chi connectivity index (χ4n) is 2.07. The maximum absolute atomic E-state index is 5.55. The summed E-state index contributed by atoms with van der Waals surface area (Å²) in [5.74, 6) is 1.65. The predicted molar refractivity (Wildman–Crippen MR) is 72.8 cm³/mol. The fourth-order valence-corrected chi connectivity index (χ4v) is 2.07. The minimum atomic E-state index is 0.622. The Labute approximate surface area is 112 Å². The normalized spacial score (nSPS) is 13.3. The van der Waals surface area contributed by atoms with Gasteiger partial charge in [-0.1, -0.05) is 0 Å². The lowest BCUT2D eigenvalue weighted by Gasteiger charge is -2.19.